The van der Waals surface area contributed by atoms with Crippen LogP contribution >= 0.6 is 35.0 Å². The van der Waals surface area contributed by atoms with Crippen LogP contribution in [0.5, 0.6) is 0 Å². The number of carbonyl (C=O) groups is 4. The maximum atomic E-state index is 13.0. The number of nitrogens with one attached hydrogen (secondary N) is 3. The van der Waals surface area contributed by atoms with Gasteiger partial charge in [-0.25, -0.2) is 19.2 Å². The van der Waals surface area contributed by atoms with Gasteiger partial charge in [0.2, 0.25) is 0 Å². The fourth-order valence-corrected chi connectivity index (χ4v) is 6.87. The summed E-state index contributed by atoms with van der Waals surface area (Å²) >= 11 is 3.68. The second-order valence-electron chi connectivity index (χ2n) is 8.15. The number of nitrogens with two attached hydrogens (primary N) is 1. The molecule has 3 amide bonds. The lowest BCUT2D eigenvalue weighted by atomic mass is 10.0. The molecule has 4 aliphatic rings. The van der Waals surface area contributed by atoms with Crippen molar-refractivity contribution < 1.29 is 29.1 Å². The molecule has 200 valence electrons. The summed E-state index contributed by atoms with van der Waals surface area (Å²) in [5, 5.41) is 21.8. The molecule has 0 unspecified atom stereocenters. The molecule has 5 rings (SSSR count). The van der Waals surface area contributed by atoms with Gasteiger partial charge in [-0.05, 0) is 24.4 Å². The highest BCUT2D eigenvalue weighted by molar-refractivity contribution is 8.00. The minimum absolute atomic E-state index is 0.119. The van der Waals surface area contributed by atoms with Crippen molar-refractivity contribution in [1.29, 1.82) is 0 Å². The van der Waals surface area contributed by atoms with Gasteiger partial charge in [-0.15, -0.1) is 28.6 Å². The molecule has 2 atom stereocenters. The predicted octanol–water partition coefficient (Wildman–Crippen LogP) is -0.668. The summed E-state index contributed by atoms with van der Waals surface area (Å²) in [6.07, 6.45) is 3.12. The van der Waals surface area contributed by atoms with Crippen molar-refractivity contribution in [3.8, 4) is 0 Å². The monoisotopic (exact) mass is 579 g/mol. The van der Waals surface area contributed by atoms with E-state index in [1.54, 1.807) is 17.5 Å². The number of carboxylic acid groups (broad SMARTS) is 1. The van der Waals surface area contributed by atoms with E-state index in [2.05, 4.69) is 26.3 Å². The average Bonchev–Trinajstić information content (AvgIpc) is 3.49. The molecule has 0 aliphatic carbocycles. The largest absolute Gasteiger partial charge is 0.477 e. The summed E-state index contributed by atoms with van der Waals surface area (Å²) in [5.41, 5.74) is 9.69. The molecule has 5 heterocycles. The van der Waals surface area contributed by atoms with Gasteiger partial charge in [0.1, 0.15) is 35.7 Å². The first-order valence-electron chi connectivity index (χ1n) is 10.9. The fraction of sp³-hybridized carbons (Fsp3) is 0.300. The Morgan fingerprint density at radius 2 is 2.21 bits per heavy atom. The number of hydrazine groups is 2. The predicted molar refractivity (Wildman–Crippen MR) is 139 cm³/mol. The second-order valence-corrected chi connectivity index (χ2v) is 11.1. The van der Waals surface area contributed by atoms with Crippen LogP contribution in [0.2, 0.25) is 0 Å². The van der Waals surface area contributed by atoms with Crippen LogP contribution in [0.25, 0.3) is 0 Å². The molecule has 1 fully saturated rings. The molecule has 1 aromatic heterocycles. The summed E-state index contributed by atoms with van der Waals surface area (Å²) in [7, 11) is 1.27. The Morgan fingerprint density at radius 1 is 1.42 bits per heavy atom. The molecule has 0 aromatic carbocycles. The molecule has 18 heteroatoms. The number of fused-ring (bicyclic) bond motifs is 2. The van der Waals surface area contributed by atoms with Crippen LogP contribution in [-0.2, 0) is 24.0 Å². The number of nitrogens with zero attached hydrogens (tertiary/aromatic N) is 5. The highest BCUT2D eigenvalue weighted by Crippen LogP contribution is 2.41. The lowest BCUT2D eigenvalue weighted by molar-refractivity contribution is -0.150. The summed E-state index contributed by atoms with van der Waals surface area (Å²) < 4.78 is 1.58. The summed E-state index contributed by atoms with van der Waals surface area (Å²) in [5.74, 6) is -1.64. The van der Waals surface area contributed by atoms with Gasteiger partial charge in [-0.3, -0.25) is 19.3 Å². The Hall–Kier alpha value is -3.74. The van der Waals surface area contributed by atoms with Crippen molar-refractivity contribution >= 4 is 69.6 Å². The van der Waals surface area contributed by atoms with E-state index in [0.29, 0.717) is 22.8 Å². The molecule has 38 heavy (non-hydrogen) atoms. The van der Waals surface area contributed by atoms with Crippen LogP contribution in [0.1, 0.15) is 12.6 Å². The van der Waals surface area contributed by atoms with E-state index in [1.165, 1.54) is 52.2 Å². The Kier molecular flexibility index (Phi) is 6.95. The molecule has 0 bridgehead atoms. The van der Waals surface area contributed by atoms with E-state index in [-0.39, 0.29) is 33.9 Å². The van der Waals surface area contributed by atoms with Gasteiger partial charge in [-0.1, -0.05) is 5.16 Å². The zero-order valence-corrected chi connectivity index (χ0v) is 22.3. The highest BCUT2D eigenvalue weighted by atomic mass is 32.2. The number of amides is 3. The molecule has 1 saturated heterocycles. The minimum Gasteiger partial charge on any atom is -0.477 e. The van der Waals surface area contributed by atoms with Gasteiger partial charge in [0.25, 0.3) is 17.7 Å². The number of hydrogen-bond donors (Lipinski definition) is 5. The number of thiazole rings is 1. The van der Waals surface area contributed by atoms with E-state index in [9.17, 15) is 24.3 Å². The number of thioether (sulfide) groups is 1. The van der Waals surface area contributed by atoms with Crippen LogP contribution < -0.4 is 21.9 Å². The number of oxime groups is 1. The Balaban J connectivity index is 1.26. The van der Waals surface area contributed by atoms with E-state index in [0.717, 1.165) is 11.3 Å². The van der Waals surface area contributed by atoms with Crippen LogP contribution in [-0.4, -0.2) is 83.8 Å². The number of anilines is 1. The number of nitrogen functional groups attached to an aromatic ring is 1. The quantitative estimate of drug-likeness (QED) is 0.113. The summed E-state index contributed by atoms with van der Waals surface area (Å²) in [4.78, 5) is 60.2. The zero-order valence-electron chi connectivity index (χ0n) is 19.8. The van der Waals surface area contributed by atoms with Crippen molar-refractivity contribution in [2.24, 2.45) is 5.16 Å². The molecule has 15 nitrogen and oxygen atoms in total. The van der Waals surface area contributed by atoms with Crippen LogP contribution in [0.4, 0.5) is 5.13 Å². The number of β-lactam (4-membered cyclic amide) rings is 1. The summed E-state index contributed by atoms with van der Waals surface area (Å²) in [6.45, 7) is 1.77. The Bertz CT molecular complexity index is 1360. The van der Waals surface area contributed by atoms with Gasteiger partial charge >= 0.3 is 5.97 Å². The van der Waals surface area contributed by atoms with Crippen LogP contribution in [0.15, 0.2) is 45.6 Å². The van der Waals surface area contributed by atoms with Crippen molar-refractivity contribution in [3.63, 3.8) is 0 Å². The van der Waals surface area contributed by atoms with Crippen molar-refractivity contribution in [3.05, 3.63) is 46.1 Å². The van der Waals surface area contributed by atoms with E-state index >= 15 is 0 Å². The molecular formula is C20H21N9O6S3. The number of aromatic nitrogens is 1. The average molecular weight is 580 g/mol. The topological polar surface area (TPSA) is 195 Å². The summed E-state index contributed by atoms with van der Waals surface area (Å²) in [6, 6.07) is -0.956. The first-order valence-corrected chi connectivity index (χ1v) is 13.8. The minimum atomic E-state index is -1.24. The maximum Gasteiger partial charge on any atom is 0.352 e. The number of hydrogen-bond acceptors (Lipinski definition) is 14. The molecule has 0 spiro atoms. The third-order valence-electron chi connectivity index (χ3n) is 5.64. The van der Waals surface area contributed by atoms with Gasteiger partial charge in [0.15, 0.2) is 10.8 Å². The molecule has 4 aliphatic heterocycles. The molecule has 0 radical (unpaired) electrons. The number of carbonyl (C=O) groups excluding carboxylic acids is 3. The third-order valence-corrected chi connectivity index (χ3v) is 8.60. The fourth-order valence-electron chi connectivity index (χ4n) is 4.00. The zero-order chi connectivity index (χ0) is 27.1. The third kappa shape index (κ3) is 4.66. The van der Waals surface area contributed by atoms with Crippen LogP contribution in [0.3, 0.4) is 0 Å². The molecule has 6 N–H and O–H groups in total. The first kappa shape index (κ1) is 25.9. The SMILES string of the molecule is CO/N=C(\C(=O)N[C@@H]1C(=O)N2C(C(=O)O)=C(CSN3C=C4NC(C)=CC(=O)N4N3)CS[C@H]12)c1csc(N)n1. The molecule has 1 aromatic rings. The standard InChI is InChI=1S/C20H21N9O6S3/c1-8-3-12(30)29-11(22-8)4-27(26-29)38-6-9-5-36-18-14(17(32)28(18)15(9)19(33)34)24-16(31)13(25-35-2)10-7-37-20(21)23-10/h3-4,7,14,18,22,26H,5-6H2,1-2H3,(H2,21,23)(H,24,31)(H,33,34)/b25-13-/t14-,18-/m1/s1. The van der Waals surface area contributed by atoms with Crippen molar-refractivity contribution in [2.75, 3.05) is 24.3 Å². The molecule has 0 saturated carbocycles. The normalized spacial score (nSPS) is 22.8. The van der Waals surface area contributed by atoms with E-state index < -0.39 is 29.2 Å². The second kappa shape index (κ2) is 10.2. The number of aliphatic carboxylic acids is 1. The van der Waals surface area contributed by atoms with Gasteiger partial charge in [0, 0.05) is 28.7 Å². The van der Waals surface area contributed by atoms with Crippen molar-refractivity contribution in [2.45, 2.75) is 18.3 Å². The van der Waals surface area contributed by atoms with Gasteiger partial charge in [-0.2, -0.15) is 0 Å². The smallest absolute Gasteiger partial charge is 0.352 e. The first-order chi connectivity index (χ1) is 18.2. The van der Waals surface area contributed by atoms with E-state index in [1.807, 2.05) is 0 Å². The number of allylic oxidation sites excluding steroid dienone is 1. The van der Waals surface area contributed by atoms with Crippen molar-refractivity contribution in [1.82, 2.24) is 35.5 Å². The number of carboxylic acids is 1. The highest BCUT2D eigenvalue weighted by Gasteiger charge is 2.54. The lowest BCUT2D eigenvalue weighted by Gasteiger charge is -2.49. The molecular weight excluding hydrogens is 558 g/mol. The van der Waals surface area contributed by atoms with Gasteiger partial charge < -0.3 is 26.3 Å². The van der Waals surface area contributed by atoms with Crippen LogP contribution in [0, 0.1) is 0 Å². The number of rotatable bonds is 8. The lowest BCUT2D eigenvalue weighted by Crippen LogP contribution is -2.71. The van der Waals surface area contributed by atoms with Gasteiger partial charge in [0.05, 0.1) is 6.20 Å². The Morgan fingerprint density at radius 3 is 2.89 bits per heavy atom. The Labute approximate surface area is 227 Å². The maximum absolute atomic E-state index is 13.0. The van der Waals surface area contributed by atoms with E-state index in [4.69, 9.17) is 10.6 Å².